The van der Waals surface area contributed by atoms with E-state index >= 15 is 0 Å². The molecule has 0 spiro atoms. The Morgan fingerprint density at radius 2 is 1.86 bits per heavy atom. The lowest BCUT2D eigenvalue weighted by Crippen LogP contribution is -2.42. The van der Waals surface area contributed by atoms with Gasteiger partial charge in [0, 0.05) is 36.7 Å². The first-order valence-electron chi connectivity index (χ1n) is 7.49. The first-order valence-corrected chi connectivity index (χ1v) is 9.68. The predicted octanol–water partition coefficient (Wildman–Crippen LogP) is 3.01. The third-order valence-corrected chi connectivity index (χ3v) is 6.35. The molecule has 2 rings (SSSR count). The van der Waals surface area contributed by atoms with E-state index in [0.717, 1.165) is 35.7 Å². The molecule has 5 nitrogen and oxygen atoms in total. The number of halogens is 1. The molecule has 0 bridgehead atoms. The number of methoxy groups -OCH3 is 1. The van der Waals surface area contributed by atoms with Gasteiger partial charge < -0.3 is 4.74 Å². The topological polar surface area (TPSA) is 49.9 Å². The molecule has 0 amide bonds. The van der Waals surface area contributed by atoms with Crippen molar-refractivity contribution in [1.82, 2.24) is 8.61 Å². The predicted molar refractivity (Wildman–Crippen MR) is 91.1 cm³/mol. The molecule has 0 N–H and O–H groups in total. The first-order chi connectivity index (χ1) is 10.4. The maximum Gasteiger partial charge on any atom is 0.282 e. The van der Waals surface area contributed by atoms with Crippen molar-refractivity contribution in [3.05, 3.63) is 28.2 Å². The Morgan fingerprint density at radius 1 is 1.23 bits per heavy atom. The Hall–Kier alpha value is -0.630. The van der Waals surface area contributed by atoms with Gasteiger partial charge in [-0.3, -0.25) is 0 Å². The van der Waals surface area contributed by atoms with Crippen LogP contribution in [0.1, 0.15) is 31.2 Å². The largest absolute Gasteiger partial charge is 0.496 e. The zero-order chi connectivity index (χ0) is 16.2. The molecule has 1 fully saturated rings. The SMILES string of the molecule is COc1ccc(Br)cc1CN(C)S(=O)(=O)N1CCCCCC1. The second-order valence-corrected chi connectivity index (χ2v) is 8.48. The van der Waals surface area contributed by atoms with Crippen molar-refractivity contribution in [3.63, 3.8) is 0 Å². The van der Waals surface area contributed by atoms with Gasteiger partial charge in [0.15, 0.2) is 0 Å². The third-order valence-electron chi connectivity index (χ3n) is 3.92. The molecule has 0 saturated carbocycles. The highest BCUT2D eigenvalue weighted by atomic mass is 79.9. The lowest BCUT2D eigenvalue weighted by atomic mass is 10.2. The van der Waals surface area contributed by atoms with Gasteiger partial charge in [0.2, 0.25) is 0 Å². The molecule has 124 valence electrons. The van der Waals surface area contributed by atoms with Crippen LogP contribution in [-0.4, -0.2) is 44.3 Å². The lowest BCUT2D eigenvalue weighted by Gasteiger charge is -2.26. The number of ether oxygens (including phenoxy) is 1. The van der Waals surface area contributed by atoms with Gasteiger partial charge in [0.05, 0.1) is 7.11 Å². The molecule has 0 unspecified atom stereocenters. The van der Waals surface area contributed by atoms with Crippen molar-refractivity contribution in [3.8, 4) is 5.75 Å². The fourth-order valence-electron chi connectivity index (χ4n) is 2.66. The van der Waals surface area contributed by atoms with E-state index in [4.69, 9.17) is 4.74 Å². The van der Waals surface area contributed by atoms with Gasteiger partial charge in [-0.2, -0.15) is 17.0 Å². The van der Waals surface area contributed by atoms with Crippen LogP contribution >= 0.6 is 15.9 Å². The fraction of sp³-hybridized carbons (Fsp3) is 0.600. The molecule has 22 heavy (non-hydrogen) atoms. The Kier molecular flexibility index (Phi) is 6.26. The van der Waals surface area contributed by atoms with Crippen LogP contribution in [-0.2, 0) is 16.8 Å². The molecule has 0 aromatic heterocycles. The standard InChI is InChI=1S/C15H23BrN2O3S/c1-17(12-13-11-14(16)7-8-15(13)21-2)22(19,20)18-9-5-3-4-6-10-18/h7-8,11H,3-6,9-10,12H2,1-2H3. The van der Waals surface area contributed by atoms with E-state index in [2.05, 4.69) is 15.9 Å². The van der Waals surface area contributed by atoms with E-state index in [-0.39, 0.29) is 0 Å². The van der Waals surface area contributed by atoms with Crippen molar-refractivity contribution in [2.24, 2.45) is 0 Å². The van der Waals surface area contributed by atoms with E-state index in [0.29, 0.717) is 25.4 Å². The molecule has 1 heterocycles. The van der Waals surface area contributed by atoms with Crippen LogP contribution in [0.15, 0.2) is 22.7 Å². The van der Waals surface area contributed by atoms with E-state index in [9.17, 15) is 8.42 Å². The summed E-state index contributed by atoms with van der Waals surface area (Å²) in [5.74, 6) is 0.695. The summed E-state index contributed by atoms with van der Waals surface area (Å²) in [6, 6.07) is 5.62. The summed E-state index contributed by atoms with van der Waals surface area (Å²) >= 11 is 3.42. The van der Waals surface area contributed by atoms with Gasteiger partial charge in [-0.15, -0.1) is 0 Å². The van der Waals surface area contributed by atoms with Crippen molar-refractivity contribution >= 4 is 26.1 Å². The summed E-state index contributed by atoms with van der Waals surface area (Å²) < 4.78 is 34.7. The zero-order valence-electron chi connectivity index (χ0n) is 13.1. The average Bonchev–Trinajstić information content (AvgIpc) is 2.77. The highest BCUT2D eigenvalue weighted by Gasteiger charge is 2.28. The Morgan fingerprint density at radius 3 is 2.45 bits per heavy atom. The number of hydrogen-bond donors (Lipinski definition) is 0. The van der Waals surface area contributed by atoms with E-state index < -0.39 is 10.2 Å². The van der Waals surface area contributed by atoms with Gasteiger partial charge in [-0.05, 0) is 31.0 Å². The van der Waals surface area contributed by atoms with Crippen LogP contribution in [0.2, 0.25) is 0 Å². The molecule has 0 radical (unpaired) electrons. The number of benzene rings is 1. The fourth-order valence-corrected chi connectivity index (χ4v) is 4.49. The summed E-state index contributed by atoms with van der Waals surface area (Å²) in [7, 11) is -0.207. The number of rotatable bonds is 5. The molecule has 0 atom stereocenters. The van der Waals surface area contributed by atoms with Gasteiger partial charge in [-0.1, -0.05) is 28.8 Å². The van der Waals surface area contributed by atoms with Crippen LogP contribution in [0.3, 0.4) is 0 Å². The highest BCUT2D eigenvalue weighted by molar-refractivity contribution is 9.10. The van der Waals surface area contributed by atoms with Gasteiger partial charge >= 0.3 is 0 Å². The molecular formula is C15H23BrN2O3S. The Labute approximate surface area is 141 Å². The Bertz CT molecular complexity index is 599. The average molecular weight is 391 g/mol. The molecule has 1 saturated heterocycles. The van der Waals surface area contributed by atoms with Crippen LogP contribution in [0, 0.1) is 0 Å². The van der Waals surface area contributed by atoms with Crippen molar-refractivity contribution < 1.29 is 13.2 Å². The van der Waals surface area contributed by atoms with Crippen LogP contribution < -0.4 is 4.74 Å². The lowest BCUT2D eigenvalue weighted by molar-refractivity contribution is 0.356. The van der Waals surface area contributed by atoms with E-state index in [1.807, 2.05) is 18.2 Å². The van der Waals surface area contributed by atoms with Gasteiger partial charge in [0.1, 0.15) is 5.75 Å². The van der Waals surface area contributed by atoms with E-state index in [1.165, 1.54) is 4.31 Å². The summed E-state index contributed by atoms with van der Waals surface area (Å²) in [5.41, 5.74) is 0.845. The molecule has 0 aliphatic carbocycles. The van der Waals surface area contributed by atoms with Crippen molar-refractivity contribution in [2.45, 2.75) is 32.2 Å². The summed E-state index contributed by atoms with van der Waals surface area (Å²) in [6.07, 6.45) is 4.09. The van der Waals surface area contributed by atoms with Gasteiger partial charge in [-0.25, -0.2) is 0 Å². The third kappa shape index (κ3) is 4.22. The van der Waals surface area contributed by atoms with Crippen molar-refractivity contribution in [2.75, 3.05) is 27.2 Å². The monoisotopic (exact) mass is 390 g/mol. The summed E-state index contributed by atoms with van der Waals surface area (Å²) in [4.78, 5) is 0. The van der Waals surface area contributed by atoms with Crippen LogP contribution in [0.25, 0.3) is 0 Å². The van der Waals surface area contributed by atoms with E-state index in [1.54, 1.807) is 18.5 Å². The van der Waals surface area contributed by atoms with Crippen LogP contribution in [0.4, 0.5) is 0 Å². The number of hydrogen-bond acceptors (Lipinski definition) is 3. The minimum absolute atomic E-state index is 0.293. The first kappa shape index (κ1) is 17.7. The normalized spacial score (nSPS) is 17.5. The maximum absolute atomic E-state index is 12.7. The highest BCUT2D eigenvalue weighted by Crippen LogP contribution is 2.25. The van der Waals surface area contributed by atoms with Gasteiger partial charge in [0.25, 0.3) is 10.2 Å². The second kappa shape index (κ2) is 7.77. The van der Waals surface area contributed by atoms with Crippen LogP contribution in [0.5, 0.6) is 5.75 Å². The molecular weight excluding hydrogens is 368 g/mol. The number of nitrogens with zero attached hydrogens (tertiary/aromatic N) is 2. The summed E-state index contributed by atoms with van der Waals surface area (Å²) in [5, 5.41) is 0. The molecule has 1 aliphatic heterocycles. The minimum atomic E-state index is -3.43. The molecule has 1 aliphatic rings. The molecule has 1 aromatic rings. The van der Waals surface area contributed by atoms with Crippen molar-refractivity contribution in [1.29, 1.82) is 0 Å². The zero-order valence-corrected chi connectivity index (χ0v) is 15.5. The second-order valence-electron chi connectivity index (χ2n) is 5.53. The minimum Gasteiger partial charge on any atom is -0.496 e. The molecule has 1 aromatic carbocycles. The quantitative estimate of drug-likeness (QED) is 0.776. The smallest absolute Gasteiger partial charge is 0.282 e. The summed E-state index contributed by atoms with van der Waals surface area (Å²) in [6.45, 7) is 1.52. The Balaban J connectivity index is 2.16. The molecule has 7 heteroatoms. The maximum atomic E-state index is 12.7.